The van der Waals surface area contributed by atoms with Gasteiger partial charge in [0.1, 0.15) is 6.33 Å². The summed E-state index contributed by atoms with van der Waals surface area (Å²) < 4.78 is 39.6. The van der Waals surface area contributed by atoms with Crippen LogP contribution < -0.4 is 16.2 Å². The van der Waals surface area contributed by atoms with E-state index in [2.05, 4.69) is 26.1 Å². The molecule has 0 saturated carbocycles. The fourth-order valence-electron chi connectivity index (χ4n) is 2.53. The van der Waals surface area contributed by atoms with Gasteiger partial charge in [-0.3, -0.25) is 25.8 Å². The van der Waals surface area contributed by atoms with Crippen LogP contribution in [0.25, 0.3) is 0 Å². The summed E-state index contributed by atoms with van der Waals surface area (Å²) in [5, 5.41) is 14.0. The van der Waals surface area contributed by atoms with Gasteiger partial charge in [-0.15, -0.1) is 0 Å². The Hall–Kier alpha value is -3.93. The van der Waals surface area contributed by atoms with Crippen LogP contribution in [0.5, 0.6) is 0 Å². The van der Waals surface area contributed by atoms with E-state index in [0.717, 1.165) is 18.5 Å². The van der Waals surface area contributed by atoms with Crippen molar-refractivity contribution in [2.45, 2.75) is 6.18 Å². The summed E-state index contributed by atoms with van der Waals surface area (Å²) in [7, 11) is 0. The lowest BCUT2D eigenvalue weighted by molar-refractivity contribution is -0.383. The van der Waals surface area contributed by atoms with Gasteiger partial charge >= 0.3 is 11.9 Å². The van der Waals surface area contributed by atoms with Gasteiger partial charge in [0.2, 0.25) is 11.6 Å². The molecule has 3 N–H and O–H groups in total. The van der Waals surface area contributed by atoms with E-state index in [1.165, 1.54) is 24.3 Å². The third kappa shape index (κ3) is 4.98. The topological polar surface area (TPSA) is 122 Å². The predicted octanol–water partition coefficient (Wildman–Crippen LogP) is 4.56. The molecule has 9 nitrogen and oxygen atoms in total. The predicted molar refractivity (Wildman–Crippen MR) is 106 cm³/mol. The number of amides is 1. The van der Waals surface area contributed by atoms with Gasteiger partial charge in [-0.1, -0.05) is 35.9 Å². The van der Waals surface area contributed by atoms with Gasteiger partial charge in [0.15, 0.2) is 0 Å². The average Bonchev–Trinajstić information content (AvgIpc) is 2.72. The van der Waals surface area contributed by atoms with Crippen molar-refractivity contribution in [1.82, 2.24) is 15.4 Å². The summed E-state index contributed by atoms with van der Waals surface area (Å²) in [6.45, 7) is 0. The number of halogens is 4. The molecule has 160 valence electrons. The first-order valence-electron chi connectivity index (χ1n) is 8.42. The first kappa shape index (κ1) is 21.8. The fourth-order valence-corrected chi connectivity index (χ4v) is 2.75. The summed E-state index contributed by atoms with van der Waals surface area (Å²) in [6, 6.07) is 10.5. The first-order valence-corrected chi connectivity index (χ1v) is 8.80. The second-order valence-electron chi connectivity index (χ2n) is 5.90. The number of carbonyl (C=O) groups excluding carboxylic acids is 1. The van der Waals surface area contributed by atoms with E-state index in [1.54, 1.807) is 12.1 Å². The third-order valence-corrected chi connectivity index (χ3v) is 4.23. The highest BCUT2D eigenvalue weighted by molar-refractivity contribution is 6.33. The Labute approximate surface area is 177 Å². The molecular weight excluding hydrogens is 441 g/mol. The van der Waals surface area contributed by atoms with E-state index in [1.807, 2.05) is 0 Å². The normalized spacial score (nSPS) is 11.0. The van der Waals surface area contributed by atoms with Crippen LogP contribution in [0.1, 0.15) is 15.9 Å². The van der Waals surface area contributed by atoms with Crippen molar-refractivity contribution >= 4 is 40.5 Å². The molecule has 3 rings (SSSR count). The van der Waals surface area contributed by atoms with Gasteiger partial charge in [0, 0.05) is 0 Å². The number of hydrazine groups is 1. The van der Waals surface area contributed by atoms with Crippen LogP contribution in [0, 0.1) is 10.1 Å². The lowest BCUT2D eigenvalue weighted by Crippen LogP contribution is -2.30. The maximum absolute atomic E-state index is 13.2. The van der Waals surface area contributed by atoms with Gasteiger partial charge in [-0.2, -0.15) is 13.2 Å². The molecule has 0 spiro atoms. The number of nitro groups is 1. The first-order chi connectivity index (χ1) is 14.7. The zero-order valence-corrected chi connectivity index (χ0v) is 16.0. The van der Waals surface area contributed by atoms with Crippen LogP contribution in [0.2, 0.25) is 5.02 Å². The van der Waals surface area contributed by atoms with Crippen LogP contribution in [-0.2, 0) is 6.18 Å². The van der Waals surface area contributed by atoms with Gasteiger partial charge < -0.3 is 5.32 Å². The summed E-state index contributed by atoms with van der Waals surface area (Å²) in [6.07, 6.45) is -3.81. The van der Waals surface area contributed by atoms with Crippen LogP contribution in [-0.4, -0.2) is 20.8 Å². The maximum atomic E-state index is 13.2. The average molecular weight is 453 g/mol. The fraction of sp³-hybridized carbons (Fsp3) is 0.0556. The molecule has 13 heteroatoms. The third-order valence-electron chi connectivity index (χ3n) is 3.90. The molecule has 0 saturated heterocycles. The molecule has 0 atom stereocenters. The number of benzene rings is 2. The standard InChI is InChI=1S/C18H12ClF3N6O3/c19-12-7-3-1-5-10(12)17(29)27-26-16-14(28(30)31)15(23-9-24-16)25-13-8-4-2-6-11(13)18(20,21)22/h1-9H,(H,27,29)(H2,23,24,25,26). The van der Waals surface area contributed by atoms with Gasteiger partial charge in [-0.25, -0.2) is 9.97 Å². The van der Waals surface area contributed by atoms with Crippen molar-refractivity contribution < 1.29 is 22.9 Å². The molecule has 0 bridgehead atoms. The number of nitrogens with zero attached hydrogens (tertiary/aromatic N) is 3. The van der Waals surface area contributed by atoms with E-state index in [0.29, 0.717) is 0 Å². The molecule has 0 aliphatic heterocycles. The zero-order valence-electron chi connectivity index (χ0n) is 15.3. The number of alkyl halides is 3. The van der Waals surface area contributed by atoms with Crippen LogP contribution in [0.3, 0.4) is 0 Å². The van der Waals surface area contributed by atoms with Crippen LogP contribution in [0.4, 0.5) is 36.2 Å². The Balaban J connectivity index is 1.90. The highest BCUT2D eigenvalue weighted by atomic mass is 35.5. The minimum atomic E-state index is -4.70. The molecule has 31 heavy (non-hydrogen) atoms. The Kier molecular flexibility index (Phi) is 6.20. The Morgan fingerprint density at radius 2 is 1.68 bits per heavy atom. The van der Waals surface area contributed by atoms with Crippen molar-refractivity contribution in [1.29, 1.82) is 0 Å². The van der Waals surface area contributed by atoms with Crippen molar-refractivity contribution in [3.63, 3.8) is 0 Å². The highest BCUT2D eigenvalue weighted by Gasteiger charge is 2.34. The van der Waals surface area contributed by atoms with Gasteiger partial charge in [0.05, 0.1) is 26.8 Å². The molecule has 1 heterocycles. The van der Waals surface area contributed by atoms with E-state index < -0.39 is 45.6 Å². The van der Waals surface area contributed by atoms with E-state index >= 15 is 0 Å². The van der Waals surface area contributed by atoms with Crippen molar-refractivity contribution in [3.05, 3.63) is 81.1 Å². The van der Waals surface area contributed by atoms with E-state index in [4.69, 9.17) is 11.6 Å². The number of hydrogen-bond donors (Lipinski definition) is 3. The molecule has 0 radical (unpaired) electrons. The minimum absolute atomic E-state index is 0.0887. The molecule has 0 unspecified atom stereocenters. The molecule has 2 aromatic carbocycles. The number of rotatable bonds is 6. The number of para-hydroxylation sites is 1. The highest BCUT2D eigenvalue weighted by Crippen LogP contribution is 2.38. The molecule has 0 aliphatic carbocycles. The molecule has 0 fully saturated rings. The quantitative estimate of drug-likeness (QED) is 0.370. The molecule has 1 aromatic heterocycles. The second-order valence-corrected chi connectivity index (χ2v) is 6.31. The molecular formula is C18H12ClF3N6O3. The summed E-state index contributed by atoms with van der Waals surface area (Å²) in [5.41, 5.74) is 2.31. The lowest BCUT2D eigenvalue weighted by Gasteiger charge is -2.15. The largest absolute Gasteiger partial charge is 0.418 e. The number of carbonyl (C=O) groups is 1. The maximum Gasteiger partial charge on any atom is 0.418 e. The zero-order chi connectivity index (χ0) is 22.6. The van der Waals surface area contributed by atoms with Crippen LogP contribution >= 0.6 is 11.6 Å². The second kappa shape index (κ2) is 8.83. The Morgan fingerprint density at radius 1 is 1.03 bits per heavy atom. The minimum Gasteiger partial charge on any atom is -0.334 e. The summed E-state index contributed by atoms with van der Waals surface area (Å²) >= 11 is 5.93. The Morgan fingerprint density at radius 3 is 2.35 bits per heavy atom. The SMILES string of the molecule is O=C(NNc1ncnc(Nc2ccccc2C(F)(F)F)c1[N+](=O)[O-])c1ccccc1Cl. The summed E-state index contributed by atoms with van der Waals surface area (Å²) in [4.78, 5) is 30.3. The molecule has 1 amide bonds. The van der Waals surface area contributed by atoms with Crippen LogP contribution in [0.15, 0.2) is 54.9 Å². The smallest absolute Gasteiger partial charge is 0.334 e. The molecule has 3 aromatic rings. The van der Waals surface area contributed by atoms with Crippen molar-refractivity contribution in [2.75, 3.05) is 10.7 Å². The van der Waals surface area contributed by atoms with Crippen molar-refractivity contribution in [2.24, 2.45) is 0 Å². The Bertz CT molecular complexity index is 1140. The number of aromatic nitrogens is 2. The number of nitrogens with one attached hydrogen (secondary N) is 3. The van der Waals surface area contributed by atoms with E-state index in [9.17, 15) is 28.1 Å². The monoisotopic (exact) mass is 452 g/mol. The molecule has 0 aliphatic rings. The van der Waals surface area contributed by atoms with Crippen molar-refractivity contribution in [3.8, 4) is 0 Å². The number of hydrogen-bond acceptors (Lipinski definition) is 7. The van der Waals surface area contributed by atoms with Gasteiger partial charge in [-0.05, 0) is 24.3 Å². The van der Waals surface area contributed by atoms with Gasteiger partial charge in [0.25, 0.3) is 5.91 Å². The summed E-state index contributed by atoms with van der Waals surface area (Å²) in [5.74, 6) is -1.67. The lowest BCUT2D eigenvalue weighted by atomic mass is 10.1. The van der Waals surface area contributed by atoms with E-state index in [-0.39, 0.29) is 10.6 Å². The number of anilines is 3.